The topological polar surface area (TPSA) is 71.8 Å². The van der Waals surface area contributed by atoms with Crippen LogP contribution in [-0.4, -0.2) is 21.1 Å². The lowest BCUT2D eigenvalue weighted by Gasteiger charge is -2.13. The normalized spacial score (nSPS) is 10.4. The fraction of sp³-hybridized carbons (Fsp3) is 0.267. The van der Waals surface area contributed by atoms with Crippen molar-refractivity contribution in [2.45, 2.75) is 20.4 Å². The summed E-state index contributed by atoms with van der Waals surface area (Å²) in [5.41, 5.74) is 7.33. The SMILES string of the molecule is C=CCNNc1nc(-c2ccccc2C)n(CC)c(=O)n1. The van der Waals surface area contributed by atoms with Gasteiger partial charge in [0.25, 0.3) is 0 Å². The van der Waals surface area contributed by atoms with Crippen molar-refractivity contribution >= 4 is 5.95 Å². The molecule has 0 atom stereocenters. The minimum Gasteiger partial charge on any atom is -0.289 e. The van der Waals surface area contributed by atoms with E-state index < -0.39 is 0 Å². The largest absolute Gasteiger partial charge is 0.352 e. The van der Waals surface area contributed by atoms with Gasteiger partial charge in [-0.1, -0.05) is 30.3 Å². The number of hydrogen-bond donors (Lipinski definition) is 2. The van der Waals surface area contributed by atoms with E-state index in [1.807, 2.05) is 38.1 Å². The van der Waals surface area contributed by atoms with Crippen molar-refractivity contribution in [2.24, 2.45) is 0 Å². The predicted octanol–water partition coefficient (Wildman–Crippen LogP) is 1.74. The van der Waals surface area contributed by atoms with Gasteiger partial charge in [0.2, 0.25) is 5.95 Å². The summed E-state index contributed by atoms with van der Waals surface area (Å²) in [7, 11) is 0. The van der Waals surface area contributed by atoms with Gasteiger partial charge in [-0.15, -0.1) is 6.58 Å². The molecule has 0 fully saturated rings. The quantitative estimate of drug-likeness (QED) is 0.480. The van der Waals surface area contributed by atoms with E-state index >= 15 is 0 Å². The Kier molecular flexibility index (Phi) is 4.84. The fourth-order valence-corrected chi connectivity index (χ4v) is 2.00. The molecule has 0 unspecified atom stereocenters. The van der Waals surface area contributed by atoms with Crippen LogP contribution in [0.4, 0.5) is 5.95 Å². The predicted molar refractivity (Wildman–Crippen MR) is 84.0 cm³/mol. The zero-order valence-corrected chi connectivity index (χ0v) is 12.3. The van der Waals surface area contributed by atoms with E-state index in [-0.39, 0.29) is 11.6 Å². The molecule has 0 aliphatic carbocycles. The molecule has 1 heterocycles. The van der Waals surface area contributed by atoms with Crippen LogP contribution in [0.5, 0.6) is 0 Å². The molecule has 0 saturated carbocycles. The monoisotopic (exact) mass is 285 g/mol. The van der Waals surface area contributed by atoms with Gasteiger partial charge in [0.05, 0.1) is 0 Å². The number of aryl methyl sites for hydroxylation is 1. The van der Waals surface area contributed by atoms with Crippen molar-refractivity contribution in [2.75, 3.05) is 12.0 Å². The third kappa shape index (κ3) is 3.35. The Morgan fingerprint density at radius 1 is 1.33 bits per heavy atom. The second-order valence-electron chi connectivity index (χ2n) is 4.51. The van der Waals surface area contributed by atoms with E-state index in [4.69, 9.17) is 0 Å². The van der Waals surface area contributed by atoms with Gasteiger partial charge < -0.3 is 0 Å². The average molecular weight is 285 g/mol. The van der Waals surface area contributed by atoms with Gasteiger partial charge in [-0.25, -0.2) is 10.2 Å². The molecule has 0 amide bonds. The Morgan fingerprint density at radius 3 is 2.76 bits per heavy atom. The molecule has 21 heavy (non-hydrogen) atoms. The molecule has 6 nitrogen and oxygen atoms in total. The van der Waals surface area contributed by atoms with Gasteiger partial charge in [-0.2, -0.15) is 9.97 Å². The van der Waals surface area contributed by atoms with Gasteiger partial charge in [0.1, 0.15) is 5.82 Å². The van der Waals surface area contributed by atoms with Crippen LogP contribution in [0.1, 0.15) is 12.5 Å². The van der Waals surface area contributed by atoms with Crippen molar-refractivity contribution in [1.82, 2.24) is 20.0 Å². The highest BCUT2D eigenvalue weighted by Gasteiger charge is 2.12. The summed E-state index contributed by atoms with van der Waals surface area (Å²) in [6.07, 6.45) is 1.70. The highest BCUT2D eigenvalue weighted by molar-refractivity contribution is 5.60. The van der Waals surface area contributed by atoms with Gasteiger partial charge in [0.15, 0.2) is 0 Å². The summed E-state index contributed by atoms with van der Waals surface area (Å²) in [5, 5.41) is 0. The fourth-order valence-electron chi connectivity index (χ4n) is 2.00. The van der Waals surface area contributed by atoms with Gasteiger partial charge >= 0.3 is 5.69 Å². The Morgan fingerprint density at radius 2 is 2.10 bits per heavy atom. The smallest absolute Gasteiger partial charge is 0.289 e. The summed E-state index contributed by atoms with van der Waals surface area (Å²) in [5.74, 6) is 0.864. The van der Waals surface area contributed by atoms with Crippen LogP contribution in [0.15, 0.2) is 41.7 Å². The Hall–Kier alpha value is -2.47. The number of hydrogen-bond acceptors (Lipinski definition) is 5. The molecule has 6 heteroatoms. The molecule has 0 spiro atoms. The highest BCUT2D eigenvalue weighted by atomic mass is 16.1. The summed E-state index contributed by atoms with van der Waals surface area (Å²) in [6, 6.07) is 7.83. The minimum atomic E-state index is -0.325. The molecule has 110 valence electrons. The summed E-state index contributed by atoms with van der Waals surface area (Å²) >= 11 is 0. The maximum atomic E-state index is 12.1. The number of nitrogens with one attached hydrogen (secondary N) is 2. The first-order valence-corrected chi connectivity index (χ1v) is 6.82. The van der Waals surface area contributed by atoms with Crippen LogP contribution >= 0.6 is 0 Å². The highest BCUT2D eigenvalue weighted by Crippen LogP contribution is 2.20. The molecule has 2 aromatic rings. The number of aromatic nitrogens is 3. The summed E-state index contributed by atoms with van der Waals surface area (Å²) in [6.45, 7) is 8.55. The van der Waals surface area contributed by atoms with Gasteiger partial charge in [0, 0.05) is 18.7 Å². The maximum absolute atomic E-state index is 12.1. The number of hydrazine groups is 1. The first-order valence-electron chi connectivity index (χ1n) is 6.82. The van der Waals surface area contributed by atoms with Crippen molar-refractivity contribution in [3.05, 3.63) is 53.0 Å². The molecule has 0 aliphatic rings. The molecule has 2 N–H and O–H groups in total. The van der Waals surface area contributed by atoms with Crippen molar-refractivity contribution in [3.8, 4) is 11.4 Å². The molecule has 0 bridgehead atoms. The standard InChI is InChI=1S/C15H19N5O/c1-4-10-16-19-14-17-13(20(5-2)15(21)18-14)12-9-7-6-8-11(12)3/h4,6-9,16H,1,5,10H2,2-3H3,(H,18,19,21). The number of rotatable bonds is 6. The first kappa shape index (κ1) is 14.9. The molecule has 0 aliphatic heterocycles. The molecular formula is C15H19N5O. The van der Waals surface area contributed by atoms with E-state index in [1.54, 1.807) is 10.6 Å². The molecule has 1 aromatic heterocycles. The maximum Gasteiger partial charge on any atom is 0.352 e. The molecule has 2 rings (SSSR count). The van der Waals surface area contributed by atoms with Crippen molar-refractivity contribution < 1.29 is 0 Å². The first-order chi connectivity index (χ1) is 10.2. The number of benzene rings is 1. The third-order valence-electron chi connectivity index (χ3n) is 3.05. The van der Waals surface area contributed by atoms with E-state index in [0.29, 0.717) is 18.9 Å². The Balaban J connectivity index is 2.50. The van der Waals surface area contributed by atoms with Gasteiger partial charge in [-0.05, 0) is 19.4 Å². The Bertz CT molecular complexity index is 693. The minimum absolute atomic E-state index is 0.254. The van der Waals surface area contributed by atoms with E-state index in [2.05, 4.69) is 27.4 Å². The van der Waals surface area contributed by atoms with Crippen LogP contribution in [0.3, 0.4) is 0 Å². The molecule has 1 aromatic carbocycles. The third-order valence-corrected chi connectivity index (χ3v) is 3.05. The lowest BCUT2D eigenvalue weighted by Crippen LogP contribution is -2.30. The number of anilines is 1. The van der Waals surface area contributed by atoms with Crippen molar-refractivity contribution in [1.29, 1.82) is 0 Å². The molecule has 0 radical (unpaired) electrons. The van der Waals surface area contributed by atoms with Gasteiger partial charge in [-0.3, -0.25) is 9.99 Å². The van der Waals surface area contributed by atoms with Crippen LogP contribution in [0.2, 0.25) is 0 Å². The van der Waals surface area contributed by atoms with E-state index in [0.717, 1.165) is 11.1 Å². The average Bonchev–Trinajstić information content (AvgIpc) is 2.47. The number of nitrogens with zero attached hydrogens (tertiary/aromatic N) is 3. The van der Waals surface area contributed by atoms with Crippen LogP contribution in [-0.2, 0) is 6.54 Å². The lowest BCUT2D eigenvalue weighted by atomic mass is 10.1. The Labute approximate surface area is 123 Å². The second kappa shape index (κ2) is 6.81. The van der Waals surface area contributed by atoms with Crippen LogP contribution < -0.4 is 16.5 Å². The lowest BCUT2D eigenvalue weighted by molar-refractivity contribution is 0.682. The molecule has 0 saturated heterocycles. The molecular weight excluding hydrogens is 266 g/mol. The van der Waals surface area contributed by atoms with Crippen LogP contribution in [0, 0.1) is 6.92 Å². The van der Waals surface area contributed by atoms with E-state index in [9.17, 15) is 4.79 Å². The summed E-state index contributed by atoms with van der Waals surface area (Å²) in [4.78, 5) is 20.5. The zero-order chi connectivity index (χ0) is 15.2. The zero-order valence-electron chi connectivity index (χ0n) is 12.3. The van der Waals surface area contributed by atoms with E-state index in [1.165, 1.54) is 0 Å². The van der Waals surface area contributed by atoms with Crippen molar-refractivity contribution in [3.63, 3.8) is 0 Å². The second-order valence-corrected chi connectivity index (χ2v) is 4.51. The van der Waals surface area contributed by atoms with Crippen LogP contribution in [0.25, 0.3) is 11.4 Å². The summed E-state index contributed by atoms with van der Waals surface area (Å²) < 4.78 is 1.56.